The van der Waals surface area contributed by atoms with Crippen molar-refractivity contribution in [3.8, 4) is 0 Å². The lowest BCUT2D eigenvalue weighted by atomic mass is 10.1. The van der Waals surface area contributed by atoms with Gasteiger partial charge in [0, 0.05) is 24.6 Å². The third-order valence-electron chi connectivity index (χ3n) is 3.24. The predicted molar refractivity (Wildman–Crippen MR) is 73.3 cm³/mol. The first kappa shape index (κ1) is 11.8. The molecule has 0 fully saturated rings. The molecule has 0 saturated heterocycles. The molecule has 1 N–H and O–H groups in total. The van der Waals surface area contributed by atoms with Crippen LogP contribution in [-0.4, -0.2) is 4.57 Å². The van der Waals surface area contributed by atoms with Crippen molar-refractivity contribution in [3.63, 3.8) is 0 Å². The van der Waals surface area contributed by atoms with Crippen molar-refractivity contribution in [2.45, 2.75) is 26.8 Å². The van der Waals surface area contributed by atoms with Crippen LogP contribution in [0.5, 0.6) is 0 Å². The highest BCUT2D eigenvalue weighted by Gasteiger charge is 2.04. The van der Waals surface area contributed by atoms with Crippen molar-refractivity contribution in [1.82, 2.24) is 4.57 Å². The molecule has 0 radical (unpaired) electrons. The molecule has 0 bridgehead atoms. The van der Waals surface area contributed by atoms with E-state index >= 15 is 0 Å². The van der Waals surface area contributed by atoms with Gasteiger partial charge in [0.2, 0.25) is 0 Å². The molecule has 0 spiro atoms. The smallest absolute Gasteiger partial charge is 0.0553 e. The molecule has 0 aliphatic rings. The molecule has 0 aliphatic heterocycles. The second kappa shape index (κ2) is 5.09. The Kier molecular flexibility index (Phi) is 3.52. The molecule has 90 valence electrons. The summed E-state index contributed by atoms with van der Waals surface area (Å²) in [5.41, 5.74) is 5.30. The summed E-state index contributed by atoms with van der Waals surface area (Å²) in [5.74, 6) is 0. The minimum atomic E-state index is 0.876. The average Bonchev–Trinajstić information content (AvgIpc) is 2.73. The zero-order valence-electron chi connectivity index (χ0n) is 10.8. The number of aryl methyl sites for hydroxylation is 3. The molecule has 1 aromatic carbocycles. The molecular formula is C15H20N2. The Labute approximate surface area is 103 Å². The van der Waals surface area contributed by atoms with E-state index in [1.54, 1.807) is 0 Å². The van der Waals surface area contributed by atoms with Gasteiger partial charge in [0.15, 0.2) is 0 Å². The Bertz CT molecular complexity index is 497. The monoisotopic (exact) mass is 228 g/mol. The first-order valence-corrected chi connectivity index (χ1v) is 6.15. The van der Waals surface area contributed by atoms with Gasteiger partial charge in [0.25, 0.3) is 0 Å². The molecule has 2 aromatic rings. The van der Waals surface area contributed by atoms with Crippen molar-refractivity contribution < 1.29 is 0 Å². The van der Waals surface area contributed by atoms with Crippen molar-refractivity contribution in [2.75, 3.05) is 5.32 Å². The van der Waals surface area contributed by atoms with Gasteiger partial charge in [-0.2, -0.15) is 0 Å². The summed E-state index contributed by atoms with van der Waals surface area (Å²) in [6, 6.07) is 10.7. The summed E-state index contributed by atoms with van der Waals surface area (Å²) in [6.07, 6.45) is 3.15. The molecule has 17 heavy (non-hydrogen) atoms. The number of rotatable bonds is 4. The third-order valence-corrected chi connectivity index (χ3v) is 3.24. The van der Waals surface area contributed by atoms with Crippen LogP contribution in [0.4, 0.5) is 5.69 Å². The van der Waals surface area contributed by atoms with E-state index in [0.29, 0.717) is 0 Å². The number of hydrogen-bond acceptors (Lipinski definition) is 1. The van der Waals surface area contributed by atoms with Gasteiger partial charge >= 0.3 is 0 Å². The van der Waals surface area contributed by atoms with E-state index in [2.05, 4.69) is 67.3 Å². The molecule has 2 rings (SSSR count). The van der Waals surface area contributed by atoms with Crippen molar-refractivity contribution >= 4 is 5.69 Å². The highest BCUT2D eigenvalue weighted by Crippen LogP contribution is 2.21. The molecule has 1 heterocycles. The predicted octanol–water partition coefficient (Wildman–Crippen LogP) is 3.51. The summed E-state index contributed by atoms with van der Waals surface area (Å²) in [6.45, 7) is 5.23. The Morgan fingerprint density at radius 2 is 2.00 bits per heavy atom. The van der Waals surface area contributed by atoms with Gasteiger partial charge in [-0.05, 0) is 36.6 Å². The Morgan fingerprint density at radius 3 is 2.65 bits per heavy atom. The van der Waals surface area contributed by atoms with E-state index in [-0.39, 0.29) is 0 Å². The van der Waals surface area contributed by atoms with Gasteiger partial charge in [0.1, 0.15) is 0 Å². The molecule has 0 amide bonds. The van der Waals surface area contributed by atoms with Gasteiger partial charge in [-0.3, -0.25) is 0 Å². The zero-order chi connectivity index (χ0) is 12.3. The maximum absolute atomic E-state index is 3.55. The van der Waals surface area contributed by atoms with Crippen LogP contribution in [0.3, 0.4) is 0 Å². The molecule has 2 nitrogen and oxygen atoms in total. The van der Waals surface area contributed by atoms with E-state index < -0.39 is 0 Å². The van der Waals surface area contributed by atoms with Crippen LogP contribution in [0.15, 0.2) is 36.5 Å². The van der Waals surface area contributed by atoms with Crippen LogP contribution >= 0.6 is 0 Å². The summed E-state index contributed by atoms with van der Waals surface area (Å²) in [7, 11) is 2.08. The minimum absolute atomic E-state index is 0.876. The van der Waals surface area contributed by atoms with Crippen LogP contribution in [-0.2, 0) is 20.0 Å². The van der Waals surface area contributed by atoms with E-state index in [1.807, 2.05) is 0 Å². The van der Waals surface area contributed by atoms with E-state index in [0.717, 1.165) is 13.0 Å². The van der Waals surface area contributed by atoms with Gasteiger partial charge in [-0.15, -0.1) is 0 Å². The van der Waals surface area contributed by atoms with Crippen LogP contribution in [0.2, 0.25) is 0 Å². The maximum Gasteiger partial charge on any atom is 0.0553 e. The fraction of sp³-hybridized carbons (Fsp3) is 0.333. The lowest BCUT2D eigenvalue weighted by Crippen LogP contribution is -2.07. The van der Waals surface area contributed by atoms with Gasteiger partial charge < -0.3 is 9.88 Å². The summed E-state index contributed by atoms with van der Waals surface area (Å²) in [5, 5.41) is 3.55. The number of hydrogen-bond donors (Lipinski definition) is 1. The number of para-hydroxylation sites is 1. The topological polar surface area (TPSA) is 17.0 Å². The SMILES string of the molecule is CCc1cccc(C)c1NCc1cccn1C. The highest BCUT2D eigenvalue weighted by atomic mass is 15.0. The number of anilines is 1. The van der Waals surface area contributed by atoms with Crippen LogP contribution in [0.25, 0.3) is 0 Å². The van der Waals surface area contributed by atoms with E-state index in [1.165, 1.54) is 22.5 Å². The van der Waals surface area contributed by atoms with Gasteiger partial charge in [-0.25, -0.2) is 0 Å². The van der Waals surface area contributed by atoms with Crippen LogP contribution < -0.4 is 5.32 Å². The minimum Gasteiger partial charge on any atom is -0.379 e. The second-order valence-corrected chi connectivity index (χ2v) is 4.43. The lowest BCUT2D eigenvalue weighted by molar-refractivity contribution is 0.841. The lowest BCUT2D eigenvalue weighted by Gasteiger charge is -2.14. The van der Waals surface area contributed by atoms with Crippen molar-refractivity contribution in [2.24, 2.45) is 7.05 Å². The molecule has 0 unspecified atom stereocenters. The fourth-order valence-electron chi connectivity index (χ4n) is 2.14. The molecule has 0 atom stereocenters. The van der Waals surface area contributed by atoms with Crippen molar-refractivity contribution in [1.29, 1.82) is 0 Å². The second-order valence-electron chi connectivity index (χ2n) is 4.43. The molecule has 2 heteroatoms. The average molecular weight is 228 g/mol. The van der Waals surface area contributed by atoms with Crippen LogP contribution in [0, 0.1) is 6.92 Å². The fourth-order valence-corrected chi connectivity index (χ4v) is 2.14. The molecule has 0 saturated carbocycles. The molecule has 1 aromatic heterocycles. The maximum atomic E-state index is 3.55. The Hall–Kier alpha value is -1.70. The summed E-state index contributed by atoms with van der Waals surface area (Å²) >= 11 is 0. The first-order chi connectivity index (χ1) is 8.22. The standard InChI is InChI=1S/C15H20N2/c1-4-13-8-5-7-12(2)15(13)16-11-14-9-6-10-17(14)3/h5-10,16H,4,11H2,1-3H3. The number of benzene rings is 1. The van der Waals surface area contributed by atoms with E-state index in [9.17, 15) is 0 Å². The van der Waals surface area contributed by atoms with E-state index in [4.69, 9.17) is 0 Å². The summed E-state index contributed by atoms with van der Waals surface area (Å²) < 4.78 is 2.15. The molecular weight excluding hydrogens is 208 g/mol. The summed E-state index contributed by atoms with van der Waals surface area (Å²) in [4.78, 5) is 0. The third kappa shape index (κ3) is 2.52. The number of nitrogens with zero attached hydrogens (tertiary/aromatic N) is 1. The number of nitrogens with one attached hydrogen (secondary N) is 1. The largest absolute Gasteiger partial charge is 0.379 e. The van der Waals surface area contributed by atoms with Crippen LogP contribution in [0.1, 0.15) is 23.7 Å². The Morgan fingerprint density at radius 1 is 1.18 bits per heavy atom. The normalized spacial score (nSPS) is 10.5. The van der Waals surface area contributed by atoms with Gasteiger partial charge in [0.05, 0.1) is 6.54 Å². The quantitative estimate of drug-likeness (QED) is 0.847. The number of aromatic nitrogens is 1. The highest BCUT2D eigenvalue weighted by molar-refractivity contribution is 5.57. The molecule has 0 aliphatic carbocycles. The Balaban J connectivity index is 2.16. The first-order valence-electron chi connectivity index (χ1n) is 6.15. The van der Waals surface area contributed by atoms with Gasteiger partial charge in [-0.1, -0.05) is 25.1 Å². The zero-order valence-corrected chi connectivity index (χ0v) is 10.8. The van der Waals surface area contributed by atoms with Crippen molar-refractivity contribution in [3.05, 3.63) is 53.3 Å².